The van der Waals surface area contributed by atoms with Gasteiger partial charge in [-0.15, -0.1) is 10.2 Å². The second-order valence-electron chi connectivity index (χ2n) is 6.70. The third-order valence-corrected chi connectivity index (χ3v) is 6.02. The third-order valence-electron chi connectivity index (χ3n) is 4.65. The van der Waals surface area contributed by atoms with Crippen LogP contribution in [-0.4, -0.2) is 22.0 Å². The molecule has 0 unspecified atom stereocenters. The maximum absolute atomic E-state index is 12.1. The molecule has 1 aliphatic rings. The van der Waals surface area contributed by atoms with Crippen molar-refractivity contribution in [3.63, 3.8) is 0 Å². The first kappa shape index (κ1) is 19.8. The average Bonchev–Trinajstić information content (AvgIpc) is 3.15. The molecule has 1 aromatic heterocycles. The summed E-state index contributed by atoms with van der Waals surface area (Å²) in [6.07, 6.45) is 6.27. The Balaban J connectivity index is 1.39. The summed E-state index contributed by atoms with van der Waals surface area (Å²) in [5.74, 6) is 0.0527. The van der Waals surface area contributed by atoms with Crippen LogP contribution < -0.4 is 10.6 Å². The van der Waals surface area contributed by atoms with Crippen molar-refractivity contribution in [2.75, 3.05) is 5.32 Å². The smallest absolute Gasteiger partial charge is 0.226 e. The van der Waals surface area contributed by atoms with E-state index < -0.39 is 0 Å². The molecular formula is C19H23ClN4O2S. The molecule has 1 heterocycles. The Morgan fingerprint density at radius 3 is 2.59 bits per heavy atom. The largest absolute Gasteiger partial charge is 0.352 e. The Kier molecular flexibility index (Phi) is 7.18. The van der Waals surface area contributed by atoms with Crippen molar-refractivity contribution in [1.82, 2.24) is 15.5 Å². The van der Waals surface area contributed by atoms with Gasteiger partial charge in [0.2, 0.25) is 16.9 Å². The number of carbonyl (C=O) groups excluding carboxylic acids is 2. The molecule has 3 rings (SSSR count). The number of carbonyl (C=O) groups is 2. The van der Waals surface area contributed by atoms with Gasteiger partial charge in [0.1, 0.15) is 5.01 Å². The highest BCUT2D eigenvalue weighted by molar-refractivity contribution is 7.15. The van der Waals surface area contributed by atoms with Crippen LogP contribution in [-0.2, 0) is 16.1 Å². The first-order valence-electron chi connectivity index (χ1n) is 9.25. The van der Waals surface area contributed by atoms with Gasteiger partial charge in [-0.25, -0.2) is 0 Å². The molecule has 0 bridgehead atoms. The highest BCUT2D eigenvalue weighted by atomic mass is 35.5. The molecule has 0 atom stereocenters. The lowest BCUT2D eigenvalue weighted by Gasteiger charge is -2.18. The average molecular weight is 407 g/mol. The Morgan fingerprint density at radius 2 is 1.81 bits per heavy atom. The number of benzene rings is 1. The van der Waals surface area contributed by atoms with Gasteiger partial charge in [0.05, 0.1) is 0 Å². The van der Waals surface area contributed by atoms with E-state index in [0.29, 0.717) is 22.6 Å². The van der Waals surface area contributed by atoms with E-state index in [4.69, 9.17) is 11.6 Å². The van der Waals surface area contributed by atoms with E-state index in [-0.39, 0.29) is 24.7 Å². The third kappa shape index (κ3) is 6.01. The summed E-state index contributed by atoms with van der Waals surface area (Å²) < 4.78 is 0. The van der Waals surface area contributed by atoms with Gasteiger partial charge in [-0.1, -0.05) is 60.4 Å². The molecule has 27 heavy (non-hydrogen) atoms. The maximum Gasteiger partial charge on any atom is 0.226 e. The van der Waals surface area contributed by atoms with Crippen molar-refractivity contribution in [2.24, 2.45) is 0 Å². The summed E-state index contributed by atoms with van der Waals surface area (Å²) in [5.41, 5.74) is 0.848. The molecular weight excluding hydrogens is 384 g/mol. The van der Waals surface area contributed by atoms with Gasteiger partial charge in [0.25, 0.3) is 0 Å². The summed E-state index contributed by atoms with van der Waals surface area (Å²) >= 11 is 7.50. The lowest BCUT2D eigenvalue weighted by molar-refractivity contribution is -0.124. The molecule has 144 valence electrons. The second kappa shape index (κ2) is 9.80. The molecule has 2 N–H and O–H groups in total. The normalized spacial score (nSPS) is 14.7. The number of anilines is 1. The number of aromatic nitrogens is 2. The fourth-order valence-corrected chi connectivity index (χ4v) is 4.26. The van der Waals surface area contributed by atoms with E-state index in [2.05, 4.69) is 20.8 Å². The SMILES string of the molecule is O=C(CCC(=O)Nc1nnc(C2CCCCC2)s1)NCc1ccccc1Cl. The maximum atomic E-state index is 12.1. The van der Waals surface area contributed by atoms with E-state index in [9.17, 15) is 9.59 Å². The number of nitrogens with one attached hydrogen (secondary N) is 2. The van der Waals surface area contributed by atoms with Gasteiger partial charge < -0.3 is 10.6 Å². The van der Waals surface area contributed by atoms with Crippen LogP contribution >= 0.6 is 22.9 Å². The minimum atomic E-state index is -0.228. The molecule has 1 saturated carbocycles. The van der Waals surface area contributed by atoms with Crippen LogP contribution in [0.15, 0.2) is 24.3 Å². The Hall–Kier alpha value is -1.99. The molecule has 2 aromatic rings. The van der Waals surface area contributed by atoms with Gasteiger partial charge in [-0.05, 0) is 24.5 Å². The quantitative estimate of drug-likeness (QED) is 0.718. The Morgan fingerprint density at radius 1 is 1.07 bits per heavy atom. The Labute approximate surface area is 167 Å². The van der Waals surface area contributed by atoms with E-state index in [0.717, 1.165) is 23.4 Å². The van der Waals surface area contributed by atoms with Gasteiger partial charge in [0, 0.05) is 30.3 Å². The van der Waals surface area contributed by atoms with Gasteiger partial charge in [-0.2, -0.15) is 0 Å². The zero-order chi connectivity index (χ0) is 19.1. The fourth-order valence-electron chi connectivity index (χ4n) is 3.13. The molecule has 0 spiro atoms. The number of amides is 2. The van der Waals surface area contributed by atoms with Crippen molar-refractivity contribution in [3.05, 3.63) is 39.9 Å². The summed E-state index contributed by atoms with van der Waals surface area (Å²) in [6.45, 7) is 0.348. The first-order valence-corrected chi connectivity index (χ1v) is 10.4. The number of nitrogens with zero attached hydrogens (tertiary/aromatic N) is 2. The minimum absolute atomic E-state index is 0.104. The molecule has 2 amide bonds. The van der Waals surface area contributed by atoms with Gasteiger partial charge >= 0.3 is 0 Å². The highest BCUT2D eigenvalue weighted by Crippen LogP contribution is 2.35. The van der Waals surface area contributed by atoms with E-state index in [1.54, 1.807) is 6.07 Å². The lowest BCUT2D eigenvalue weighted by Crippen LogP contribution is -2.24. The molecule has 1 aliphatic carbocycles. The Bertz CT molecular complexity index is 790. The monoisotopic (exact) mass is 406 g/mol. The topological polar surface area (TPSA) is 84.0 Å². The first-order chi connectivity index (χ1) is 13.1. The van der Waals surface area contributed by atoms with Gasteiger partial charge in [-0.3, -0.25) is 9.59 Å². The summed E-state index contributed by atoms with van der Waals surface area (Å²) in [5, 5.41) is 15.9. The zero-order valence-electron chi connectivity index (χ0n) is 15.0. The predicted octanol–water partition coefficient (Wildman–Crippen LogP) is 4.27. The molecule has 1 fully saturated rings. The van der Waals surface area contributed by atoms with Crippen LogP contribution in [0.4, 0.5) is 5.13 Å². The predicted molar refractivity (Wildman–Crippen MR) is 107 cm³/mol. The lowest BCUT2D eigenvalue weighted by atomic mass is 9.90. The van der Waals surface area contributed by atoms with E-state index in [1.165, 1.54) is 30.6 Å². The molecule has 6 nitrogen and oxygen atoms in total. The van der Waals surface area contributed by atoms with E-state index in [1.807, 2.05) is 18.2 Å². The number of rotatable bonds is 7. The van der Waals surface area contributed by atoms with Crippen LogP contribution in [0.2, 0.25) is 5.02 Å². The molecule has 0 aliphatic heterocycles. The number of hydrogen-bond acceptors (Lipinski definition) is 5. The summed E-state index contributed by atoms with van der Waals surface area (Å²) in [4.78, 5) is 24.0. The van der Waals surface area contributed by atoms with Crippen molar-refractivity contribution in [2.45, 2.75) is 57.4 Å². The van der Waals surface area contributed by atoms with Crippen LogP contribution in [0.5, 0.6) is 0 Å². The second-order valence-corrected chi connectivity index (χ2v) is 8.11. The zero-order valence-corrected chi connectivity index (χ0v) is 16.6. The molecule has 1 aromatic carbocycles. The van der Waals surface area contributed by atoms with Crippen molar-refractivity contribution < 1.29 is 9.59 Å². The van der Waals surface area contributed by atoms with E-state index >= 15 is 0 Å². The number of hydrogen-bond donors (Lipinski definition) is 2. The molecule has 0 saturated heterocycles. The summed E-state index contributed by atoms with van der Waals surface area (Å²) in [7, 11) is 0. The van der Waals surface area contributed by atoms with Crippen LogP contribution in [0, 0.1) is 0 Å². The molecule has 0 radical (unpaired) electrons. The number of halogens is 1. The van der Waals surface area contributed by atoms with Gasteiger partial charge in [0.15, 0.2) is 0 Å². The van der Waals surface area contributed by atoms with Crippen molar-refractivity contribution in [3.8, 4) is 0 Å². The van der Waals surface area contributed by atoms with Crippen LogP contribution in [0.25, 0.3) is 0 Å². The minimum Gasteiger partial charge on any atom is -0.352 e. The van der Waals surface area contributed by atoms with Crippen molar-refractivity contribution in [1.29, 1.82) is 0 Å². The highest BCUT2D eigenvalue weighted by Gasteiger charge is 2.20. The molecule has 8 heteroatoms. The van der Waals surface area contributed by atoms with Crippen LogP contribution in [0.1, 0.15) is 61.4 Å². The summed E-state index contributed by atoms with van der Waals surface area (Å²) in [6, 6.07) is 7.34. The fraction of sp³-hybridized carbons (Fsp3) is 0.474. The van der Waals surface area contributed by atoms with Crippen molar-refractivity contribution >= 4 is 39.9 Å². The standard InChI is InChI=1S/C19H23ClN4O2S/c20-15-9-5-4-8-14(15)12-21-16(25)10-11-17(26)22-19-24-23-18(27-19)13-6-2-1-3-7-13/h4-5,8-9,13H,1-3,6-7,10-12H2,(H,21,25)(H,22,24,26). The van der Waals surface area contributed by atoms with Crippen LogP contribution in [0.3, 0.4) is 0 Å².